The molecule has 7 nitrogen and oxygen atoms in total. The summed E-state index contributed by atoms with van der Waals surface area (Å²) in [7, 11) is 0. The summed E-state index contributed by atoms with van der Waals surface area (Å²) < 4.78 is 6.17. The zero-order chi connectivity index (χ0) is 31.4. The molecule has 0 saturated heterocycles. The van der Waals surface area contributed by atoms with Crippen LogP contribution in [0.2, 0.25) is 0 Å². The fourth-order valence-electron chi connectivity index (χ4n) is 5.77. The van der Waals surface area contributed by atoms with Gasteiger partial charge < -0.3 is 19.8 Å². The Morgan fingerprint density at radius 3 is 2.41 bits per heavy atom. The van der Waals surface area contributed by atoms with Gasteiger partial charge in [0, 0.05) is 30.3 Å². The van der Waals surface area contributed by atoms with Gasteiger partial charge in [-0.3, -0.25) is 14.5 Å². The summed E-state index contributed by atoms with van der Waals surface area (Å²) in [4.78, 5) is 31.4. The molecule has 7 heteroatoms. The second-order valence-corrected chi connectivity index (χ2v) is 11.7. The predicted molar refractivity (Wildman–Crippen MR) is 175 cm³/mol. The third-order valence-corrected chi connectivity index (χ3v) is 8.25. The van der Waals surface area contributed by atoms with E-state index in [2.05, 4.69) is 26.8 Å². The first-order valence-electron chi connectivity index (χ1n) is 15.1. The van der Waals surface area contributed by atoms with Crippen LogP contribution in [0, 0.1) is 5.92 Å². The lowest BCUT2D eigenvalue weighted by Crippen LogP contribution is -2.44. The van der Waals surface area contributed by atoms with Crippen LogP contribution in [0.5, 0.6) is 11.5 Å². The number of carbonyl (C=O) groups is 2. The van der Waals surface area contributed by atoms with Gasteiger partial charge in [0.1, 0.15) is 5.75 Å². The topological polar surface area (TPSA) is 90.3 Å². The number of fused-ring (bicyclic) bond motifs is 3. The van der Waals surface area contributed by atoms with Crippen LogP contribution in [0.1, 0.15) is 62.9 Å². The highest BCUT2D eigenvalue weighted by Gasteiger charge is 2.52. The molecule has 228 valence electrons. The van der Waals surface area contributed by atoms with Gasteiger partial charge in [0.25, 0.3) is 11.8 Å². The molecule has 2 atom stereocenters. The standard InChI is InChI=1S/C37H40N2O5/c1-25(2)12-11-13-26(3)21-22-38-31-20-19-28(24-30(31)37(43,36(38)42)27(4)14-9-10-23-40)39-32-16-6-8-18-34(32)44-33-17-7-5-15-29(33)35(39)41/h5-9,12,14-21,24,27,40,43H,10-11,13,22-23H2,1-4H3/b14-9+,26-21+/t27-,37+/m0/s1. The van der Waals surface area contributed by atoms with E-state index in [4.69, 9.17) is 4.74 Å². The summed E-state index contributed by atoms with van der Waals surface area (Å²) in [5, 5.41) is 21.6. The summed E-state index contributed by atoms with van der Waals surface area (Å²) in [6, 6.07) is 19.8. The predicted octanol–water partition coefficient (Wildman–Crippen LogP) is 7.57. The number of carbonyl (C=O) groups excluding carboxylic acids is 2. The van der Waals surface area contributed by atoms with Crippen molar-refractivity contribution in [3.05, 3.63) is 113 Å². The molecule has 0 aromatic heterocycles. The third-order valence-electron chi connectivity index (χ3n) is 8.25. The van der Waals surface area contributed by atoms with Crippen LogP contribution in [0.3, 0.4) is 0 Å². The molecule has 2 N–H and O–H groups in total. The van der Waals surface area contributed by atoms with Gasteiger partial charge >= 0.3 is 0 Å². The quantitative estimate of drug-likeness (QED) is 0.237. The number of hydrogen-bond acceptors (Lipinski definition) is 5. The second kappa shape index (κ2) is 13.0. The Kier molecular flexibility index (Phi) is 9.18. The SMILES string of the molecule is CC(C)=CCC/C(C)=C/CN1C(=O)[C@@](O)([C@@H](C)/C=C/CCO)c2cc(N3C(=O)c4ccccc4Oc4ccccc43)ccc21. The van der Waals surface area contributed by atoms with Gasteiger partial charge in [0.15, 0.2) is 11.4 Å². The zero-order valence-corrected chi connectivity index (χ0v) is 25.8. The van der Waals surface area contributed by atoms with Crippen LogP contribution < -0.4 is 14.5 Å². The van der Waals surface area contributed by atoms with Gasteiger partial charge in [-0.15, -0.1) is 0 Å². The maximum absolute atomic E-state index is 14.1. The van der Waals surface area contributed by atoms with Crippen molar-refractivity contribution in [1.82, 2.24) is 0 Å². The molecule has 2 aliphatic heterocycles. The molecule has 3 aromatic carbocycles. The molecule has 2 aliphatic rings. The van der Waals surface area contributed by atoms with Crippen molar-refractivity contribution < 1.29 is 24.5 Å². The van der Waals surface area contributed by atoms with Gasteiger partial charge in [0.2, 0.25) is 0 Å². The first-order valence-corrected chi connectivity index (χ1v) is 15.1. The number of amides is 2. The van der Waals surface area contributed by atoms with Crippen molar-refractivity contribution >= 4 is 28.9 Å². The van der Waals surface area contributed by atoms with Gasteiger partial charge in [-0.2, -0.15) is 0 Å². The highest BCUT2D eigenvalue weighted by Crippen LogP contribution is 2.49. The number of allylic oxidation sites excluding steroid dienone is 3. The molecule has 0 saturated carbocycles. The van der Waals surface area contributed by atoms with Gasteiger partial charge in [-0.1, -0.05) is 66.6 Å². The summed E-state index contributed by atoms with van der Waals surface area (Å²) in [6.45, 7) is 8.29. The van der Waals surface area contributed by atoms with E-state index in [-0.39, 0.29) is 12.5 Å². The van der Waals surface area contributed by atoms with Crippen LogP contribution in [0.4, 0.5) is 17.1 Å². The molecule has 2 heterocycles. The summed E-state index contributed by atoms with van der Waals surface area (Å²) in [5.41, 5.74) is 3.06. The third kappa shape index (κ3) is 5.85. The Labute approximate surface area is 259 Å². The van der Waals surface area contributed by atoms with E-state index in [0.717, 1.165) is 18.4 Å². The molecule has 0 radical (unpaired) electrons. The van der Waals surface area contributed by atoms with Crippen LogP contribution in [-0.2, 0) is 10.4 Å². The number of aliphatic hydroxyl groups is 2. The van der Waals surface area contributed by atoms with E-state index in [0.29, 0.717) is 52.7 Å². The second-order valence-electron chi connectivity index (χ2n) is 11.7. The van der Waals surface area contributed by atoms with E-state index in [1.165, 1.54) is 5.57 Å². The molecule has 0 spiro atoms. The number of anilines is 3. The fourth-order valence-corrected chi connectivity index (χ4v) is 5.77. The van der Waals surface area contributed by atoms with Gasteiger partial charge in [-0.25, -0.2) is 0 Å². The molecular formula is C37H40N2O5. The van der Waals surface area contributed by atoms with E-state index in [1.807, 2.05) is 48.5 Å². The number of hydrogen-bond donors (Lipinski definition) is 2. The molecular weight excluding hydrogens is 552 g/mol. The van der Waals surface area contributed by atoms with E-state index < -0.39 is 17.4 Å². The largest absolute Gasteiger partial charge is 0.454 e. The highest BCUT2D eigenvalue weighted by molar-refractivity contribution is 6.15. The maximum atomic E-state index is 14.1. The van der Waals surface area contributed by atoms with E-state index in [1.54, 1.807) is 53.1 Å². The van der Waals surface area contributed by atoms with Crippen molar-refractivity contribution in [1.29, 1.82) is 0 Å². The molecule has 0 bridgehead atoms. The fraction of sp³-hybridized carbons (Fsp3) is 0.297. The number of benzene rings is 3. The lowest BCUT2D eigenvalue weighted by Gasteiger charge is -2.28. The lowest BCUT2D eigenvalue weighted by atomic mass is 9.82. The monoisotopic (exact) mass is 592 g/mol. The lowest BCUT2D eigenvalue weighted by molar-refractivity contribution is -0.139. The summed E-state index contributed by atoms with van der Waals surface area (Å²) in [6.07, 6.45) is 9.99. The smallest absolute Gasteiger partial charge is 0.266 e. The Morgan fingerprint density at radius 1 is 0.932 bits per heavy atom. The first kappa shape index (κ1) is 31.0. The molecule has 0 aliphatic carbocycles. The van der Waals surface area contributed by atoms with Crippen LogP contribution in [-0.4, -0.2) is 35.2 Å². The Bertz CT molecular complexity index is 1650. The van der Waals surface area contributed by atoms with Crippen LogP contribution >= 0.6 is 0 Å². The normalized spacial score (nSPS) is 18.5. The molecule has 2 amide bonds. The summed E-state index contributed by atoms with van der Waals surface area (Å²) in [5.74, 6) is -0.315. The van der Waals surface area contributed by atoms with E-state index in [9.17, 15) is 19.8 Å². The summed E-state index contributed by atoms with van der Waals surface area (Å²) >= 11 is 0. The molecule has 5 rings (SSSR count). The minimum absolute atomic E-state index is 0.0285. The zero-order valence-electron chi connectivity index (χ0n) is 25.8. The average Bonchev–Trinajstić information content (AvgIpc) is 3.14. The first-order chi connectivity index (χ1) is 21.2. The van der Waals surface area contributed by atoms with Crippen molar-refractivity contribution in [2.75, 3.05) is 23.0 Å². The minimum Gasteiger partial charge on any atom is -0.454 e. The molecule has 0 unspecified atom stereocenters. The molecule has 44 heavy (non-hydrogen) atoms. The molecule has 0 fully saturated rings. The van der Waals surface area contributed by atoms with Crippen LogP contribution in [0.25, 0.3) is 0 Å². The number of para-hydroxylation sites is 3. The average molecular weight is 593 g/mol. The van der Waals surface area contributed by atoms with Crippen LogP contribution in [0.15, 0.2) is 102 Å². The molecule has 3 aromatic rings. The van der Waals surface area contributed by atoms with Crippen molar-refractivity contribution in [2.24, 2.45) is 5.92 Å². The number of rotatable bonds is 10. The van der Waals surface area contributed by atoms with E-state index >= 15 is 0 Å². The number of aliphatic hydroxyl groups excluding tert-OH is 1. The maximum Gasteiger partial charge on any atom is 0.266 e. The van der Waals surface area contributed by atoms with Gasteiger partial charge in [-0.05, 0) is 82.5 Å². The Hall–Kier alpha value is -4.46. The van der Waals surface area contributed by atoms with Crippen molar-refractivity contribution in [2.45, 2.75) is 52.6 Å². The number of ether oxygens (including phenoxy) is 1. The highest BCUT2D eigenvalue weighted by atomic mass is 16.5. The van der Waals surface area contributed by atoms with Crippen molar-refractivity contribution in [3.63, 3.8) is 0 Å². The minimum atomic E-state index is -1.87. The van der Waals surface area contributed by atoms with Crippen molar-refractivity contribution in [3.8, 4) is 11.5 Å². The Morgan fingerprint density at radius 2 is 1.66 bits per heavy atom. The Balaban J connectivity index is 1.60. The number of nitrogens with zero attached hydrogens (tertiary/aromatic N) is 2. The van der Waals surface area contributed by atoms with Gasteiger partial charge in [0.05, 0.1) is 16.9 Å².